The van der Waals surface area contributed by atoms with Gasteiger partial charge in [-0.3, -0.25) is 4.79 Å². The Labute approximate surface area is 87.9 Å². The Balaban J connectivity index is 2.25. The molecule has 0 atom stereocenters. The van der Waals surface area contributed by atoms with Crippen LogP contribution in [0.15, 0.2) is 30.6 Å². The lowest BCUT2D eigenvalue weighted by Gasteiger charge is -2.07. The van der Waals surface area contributed by atoms with E-state index in [0.717, 1.165) is 11.2 Å². The second-order valence-corrected chi connectivity index (χ2v) is 3.76. The van der Waals surface area contributed by atoms with E-state index < -0.39 is 0 Å². The average molecular weight is 203 g/mol. The summed E-state index contributed by atoms with van der Waals surface area (Å²) in [4.78, 5) is 11.5. The molecule has 0 aliphatic rings. The lowest BCUT2D eigenvalue weighted by atomic mass is 10.2. The van der Waals surface area contributed by atoms with Crippen molar-refractivity contribution in [1.29, 1.82) is 0 Å². The van der Waals surface area contributed by atoms with Gasteiger partial charge in [0, 0.05) is 24.0 Å². The van der Waals surface area contributed by atoms with E-state index >= 15 is 0 Å². The summed E-state index contributed by atoms with van der Waals surface area (Å²) >= 11 is 0. The zero-order chi connectivity index (χ0) is 10.8. The number of carbonyl (C=O) groups is 1. The zero-order valence-electron chi connectivity index (χ0n) is 8.77. The molecule has 0 aromatic carbocycles. The number of anilines is 1. The maximum Gasteiger partial charge on any atom is 0.226 e. The van der Waals surface area contributed by atoms with Gasteiger partial charge < -0.3 is 5.32 Å². The molecule has 0 radical (unpaired) electrons. The SMILES string of the molecule is CC(C)C(=O)Nc1ccn2nccc2c1. The molecule has 2 heterocycles. The van der Waals surface area contributed by atoms with E-state index in [9.17, 15) is 4.79 Å². The highest BCUT2D eigenvalue weighted by atomic mass is 16.1. The minimum Gasteiger partial charge on any atom is -0.326 e. The van der Waals surface area contributed by atoms with Crippen molar-refractivity contribution in [3.63, 3.8) is 0 Å². The number of rotatable bonds is 2. The van der Waals surface area contributed by atoms with Crippen molar-refractivity contribution in [2.45, 2.75) is 13.8 Å². The highest BCUT2D eigenvalue weighted by Gasteiger charge is 2.07. The topological polar surface area (TPSA) is 46.4 Å². The molecule has 1 N–H and O–H groups in total. The number of amides is 1. The third-order valence-corrected chi connectivity index (χ3v) is 2.19. The minimum absolute atomic E-state index is 0.00821. The predicted molar refractivity (Wildman–Crippen MR) is 58.7 cm³/mol. The lowest BCUT2D eigenvalue weighted by Crippen LogP contribution is -2.17. The van der Waals surface area contributed by atoms with Crippen LogP contribution in [0.3, 0.4) is 0 Å². The summed E-state index contributed by atoms with van der Waals surface area (Å²) in [6.45, 7) is 3.74. The Morgan fingerprint density at radius 3 is 3.00 bits per heavy atom. The van der Waals surface area contributed by atoms with Gasteiger partial charge in [-0.1, -0.05) is 13.8 Å². The molecule has 0 saturated carbocycles. The van der Waals surface area contributed by atoms with Crippen molar-refractivity contribution < 1.29 is 4.79 Å². The van der Waals surface area contributed by atoms with Crippen molar-refractivity contribution in [3.8, 4) is 0 Å². The summed E-state index contributed by atoms with van der Waals surface area (Å²) in [7, 11) is 0. The quantitative estimate of drug-likeness (QED) is 0.810. The summed E-state index contributed by atoms with van der Waals surface area (Å²) in [6, 6.07) is 5.62. The van der Waals surface area contributed by atoms with Crippen molar-refractivity contribution >= 4 is 17.1 Å². The van der Waals surface area contributed by atoms with Crippen LogP contribution in [0, 0.1) is 5.92 Å². The average Bonchev–Trinajstić information content (AvgIpc) is 2.64. The van der Waals surface area contributed by atoms with Gasteiger partial charge in [0.1, 0.15) is 0 Å². The fourth-order valence-electron chi connectivity index (χ4n) is 1.29. The van der Waals surface area contributed by atoms with Crippen LogP contribution in [-0.2, 0) is 4.79 Å². The van der Waals surface area contributed by atoms with E-state index in [4.69, 9.17) is 0 Å². The monoisotopic (exact) mass is 203 g/mol. The molecule has 4 nitrogen and oxygen atoms in total. The summed E-state index contributed by atoms with van der Waals surface area (Å²) in [5, 5.41) is 6.92. The van der Waals surface area contributed by atoms with Gasteiger partial charge in [0.05, 0.1) is 5.52 Å². The number of fused-ring (bicyclic) bond motifs is 1. The predicted octanol–water partition coefficient (Wildman–Crippen LogP) is 1.93. The Morgan fingerprint density at radius 2 is 2.27 bits per heavy atom. The molecule has 0 aliphatic heterocycles. The van der Waals surface area contributed by atoms with Crippen LogP contribution in [0.4, 0.5) is 5.69 Å². The number of hydrogen-bond acceptors (Lipinski definition) is 2. The van der Waals surface area contributed by atoms with Crippen molar-refractivity contribution in [1.82, 2.24) is 9.61 Å². The molecule has 0 aliphatic carbocycles. The molecule has 2 aromatic rings. The molecule has 4 heteroatoms. The molecular weight excluding hydrogens is 190 g/mol. The van der Waals surface area contributed by atoms with Crippen LogP contribution in [0.25, 0.3) is 5.52 Å². The summed E-state index contributed by atoms with van der Waals surface area (Å²) in [5.41, 5.74) is 1.78. The first-order valence-electron chi connectivity index (χ1n) is 4.91. The molecule has 2 rings (SSSR count). The maximum atomic E-state index is 11.5. The van der Waals surface area contributed by atoms with E-state index in [-0.39, 0.29) is 11.8 Å². The summed E-state index contributed by atoms with van der Waals surface area (Å²) in [5.74, 6) is 0.0185. The molecule has 0 saturated heterocycles. The van der Waals surface area contributed by atoms with E-state index in [1.54, 1.807) is 10.7 Å². The number of carbonyl (C=O) groups excluding carboxylic acids is 1. The van der Waals surface area contributed by atoms with Gasteiger partial charge in [0.2, 0.25) is 5.91 Å². The van der Waals surface area contributed by atoms with Crippen LogP contribution in [-0.4, -0.2) is 15.5 Å². The van der Waals surface area contributed by atoms with E-state index in [1.165, 1.54) is 0 Å². The van der Waals surface area contributed by atoms with Crippen molar-refractivity contribution in [2.24, 2.45) is 5.92 Å². The van der Waals surface area contributed by atoms with E-state index in [0.29, 0.717) is 0 Å². The number of nitrogens with zero attached hydrogens (tertiary/aromatic N) is 2. The molecule has 2 aromatic heterocycles. The third kappa shape index (κ3) is 1.98. The van der Waals surface area contributed by atoms with Gasteiger partial charge in [-0.2, -0.15) is 5.10 Å². The maximum absolute atomic E-state index is 11.5. The Bertz CT molecular complexity index is 487. The van der Waals surface area contributed by atoms with Crippen LogP contribution in [0.5, 0.6) is 0 Å². The van der Waals surface area contributed by atoms with E-state index in [2.05, 4.69) is 10.4 Å². The Hall–Kier alpha value is -1.84. The van der Waals surface area contributed by atoms with E-state index in [1.807, 2.05) is 38.2 Å². The molecule has 0 unspecified atom stereocenters. The minimum atomic E-state index is -0.00821. The molecule has 0 spiro atoms. The van der Waals surface area contributed by atoms with Gasteiger partial charge in [-0.15, -0.1) is 0 Å². The van der Waals surface area contributed by atoms with Crippen LogP contribution < -0.4 is 5.32 Å². The summed E-state index contributed by atoms with van der Waals surface area (Å²) < 4.78 is 1.75. The largest absolute Gasteiger partial charge is 0.326 e. The Kier molecular flexibility index (Phi) is 2.41. The molecule has 78 valence electrons. The van der Waals surface area contributed by atoms with Gasteiger partial charge >= 0.3 is 0 Å². The third-order valence-electron chi connectivity index (χ3n) is 2.19. The first-order valence-corrected chi connectivity index (χ1v) is 4.91. The number of pyridine rings is 1. The molecule has 0 fully saturated rings. The standard InChI is InChI=1S/C11H13N3O/c1-8(2)11(15)13-9-4-6-14-10(7-9)3-5-12-14/h3-8H,1-2H3,(H,13,15). The van der Waals surface area contributed by atoms with Crippen LogP contribution >= 0.6 is 0 Å². The normalized spacial score (nSPS) is 10.9. The van der Waals surface area contributed by atoms with Gasteiger partial charge in [-0.05, 0) is 18.2 Å². The van der Waals surface area contributed by atoms with Gasteiger partial charge in [-0.25, -0.2) is 4.52 Å². The lowest BCUT2D eigenvalue weighted by molar-refractivity contribution is -0.118. The number of nitrogens with one attached hydrogen (secondary N) is 1. The molecule has 0 bridgehead atoms. The second kappa shape index (κ2) is 3.73. The van der Waals surface area contributed by atoms with Crippen molar-refractivity contribution in [2.75, 3.05) is 5.32 Å². The number of aromatic nitrogens is 2. The zero-order valence-corrected chi connectivity index (χ0v) is 8.77. The highest BCUT2D eigenvalue weighted by Crippen LogP contribution is 2.12. The van der Waals surface area contributed by atoms with Crippen LogP contribution in [0.2, 0.25) is 0 Å². The van der Waals surface area contributed by atoms with Crippen LogP contribution in [0.1, 0.15) is 13.8 Å². The first kappa shape index (κ1) is 9.71. The molecule has 15 heavy (non-hydrogen) atoms. The molecule has 1 amide bonds. The fourth-order valence-corrected chi connectivity index (χ4v) is 1.29. The fraction of sp³-hybridized carbons (Fsp3) is 0.273. The number of hydrogen-bond donors (Lipinski definition) is 1. The smallest absolute Gasteiger partial charge is 0.226 e. The van der Waals surface area contributed by atoms with Crippen molar-refractivity contribution in [3.05, 3.63) is 30.6 Å². The van der Waals surface area contributed by atoms with Gasteiger partial charge in [0.25, 0.3) is 0 Å². The van der Waals surface area contributed by atoms with Gasteiger partial charge in [0.15, 0.2) is 0 Å². The highest BCUT2D eigenvalue weighted by molar-refractivity contribution is 5.92. The summed E-state index contributed by atoms with van der Waals surface area (Å²) in [6.07, 6.45) is 3.55. The molecular formula is C11H13N3O. The first-order chi connectivity index (χ1) is 7.16. The second-order valence-electron chi connectivity index (χ2n) is 3.76. The Morgan fingerprint density at radius 1 is 1.47 bits per heavy atom.